The largest absolute Gasteiger partial charge is 0.331 e. The fourth-order valence-corrected chi connectivity index (χ4v) is 1.57. The van der Waals surface area contributed by atoms with Gasteiger partial charge in [-0.25, -0.2) is 10.8 Å². The molecule has 1 aromatic heterocycles. The van der Waals surface area contributed by atoms with Crippen LogP contribution in [0.1, 0.15) is 45.0 Å². The highest BCUT2D eigenvalue weighted by Crippen LogP contribution is 2.18. The van der Waals surface area contributed by atoms with Crippen molar-refractivity contribution in [3.63, 3.8) is 0 Å². The van der Waals surface area contributed by atoms with Crippen molar-refractivity contribution in [3.05, 3.63) is 18.2 Å². The summed E-state index contributed by atoms with van der Waals surface area (Å²) < 4.78 is 2.01. The Hall–Kier alpha value is -1.36. The molecular weight excluding hydrogens is 192 g/mol. The highest BCUT2D eigenvalue weighted by atomic mass is 16.2. The SMILES string of the molecule is CC(C)c1nccn1C(C)CC(=O)NN. The molecule has 5 heteroatoms. The van der Waals surface area contributed by atoms with E-state index in [1.54, 1.807) is 6.20 Å². The molecule has 1 unspecified atom stereocenters. The van der Waals surface area contributed by atoms with Gasteiger partial charge in [-0.05, 0) is 6.92 Å². The van der Waals surface area contributed by atoms with Crippen LogP contribution < -0.4 is 11.3 Å². The fraction of sp³-hybridized carbons (Fsp3) is 0.600. The number of rotatable bonds is 4. The van der Waals surface area contributed by atoms with Gasteiger partial charge in [0.2, 0.25) is 5.91 Å². The Kier molecular flexibility index (Phi) is 3.85. The van der Waals surface area contributed by atoms with Crippen molar-refractivity contribution in [2.75, 3.05) is 0 Å². The molecule has 84 valence electrons. The molecule has 0 aliphatic carbocycles. The molecule has 0 fully saturated rings. The van der Waals surface area contributed by atoms with Gasteiger partial charge in [-0.15, -0.1) is 0 Å². The second-order valence-corrected chi connectivity index (χ2v) is 3.97. The minimum Gasteiger partial charge on any atom is -0.331 e. The van der Waals surface area contributed by atoms with E-state index >= 15 is 0 Å². The summed E-state index contributed by atoms with van der Waals surface area (Å²) in [4.78, 5) is 15.4. The van der Waals surface area contributed by atoms with E-state index in [0.717, 1.165) is 5.82 Å². The third-order valence-corrected chi connectivity index (χ3v) is 2.33. The van der Waals surface area contributed by atoms with Gasteiger partial charge in [0.25, 0.3) is 0 Å². The Morgan fingerprint density at radius 2 is 2.27 bits per heavy atom. The van der Waals surface area contributed by atoms with Gasteiger partial charge in [-0.2, -0.15) is 0 Å². The Bertz CT molecular complexity index is 332. The van der Waals surface area contributed by atoms with E-state index < -0.39 is 0 Å². The first-order chi connectivity index (χ1) is 7.06. The third-order valence-electron chi connectivity index (χ3n) is 2.33. The quantitative estimate of drug-likeness (QED) is 0.441. The minimum atomic E-state index is -0.161. The number of nitrogens with two attached hydrogens (primary N) is 1. The van der Waals surface area contributed by atoms with Gasteiger partial charge >= 0.3 is 0 Å². The van der Waals surface area contributed by atoms with Crippen LogP contribution in [0.15, 0.2) is 12.4 Å². The zero-order valence-electron chi connectivity index (χ0n) is 9.40. The van der Waals surface area contributed by atoms with Crippen LogP contribution in [0.25, 0.3) is 0 Å². The van der Waals surface area contributed by atoms with Crippen molar-refractivity contribution < 1.29 is 4.79 Å². The predicted octanol–water partition coefficient (Wildman–Crippen LogP) is 0.948. The topological polar surface area (TPSA) is 72.9 Å². The van der Waals surface area contributed by atoms with E-state index in [1.165, 1.54) is 0 Å². The average molecular weight is 210 g/mol. The first-order valence-corrected chi connectivity index (χ1v) is 5.08. The Labute approximate surface area is 89.6 Å². The van der Waals surface area contributed by atoms with Crippen LogP contribution in [-0.4, -0.2) is 15.5 Å². The number of hydrogen-bond acceptors (Lipinski definition) is 3. The Morgan fingerprint density at radius 3 is 2.80 bits per heavy atom. The van der Waals surface area contributed by atoms with E-state index in [-0.39, 0.29) is 11.9 Å². The highest BCUT2D eigenvalue weighted by Gasteiger charge is 2.14. The molecule has 0 aliphatic heterocycles. The number of aromatic nitrogens is 2. The summed E-state index contributed by atoms with van der Waals surface area (Å²) in [6.45, 7) is 6.13. The van der Waals surface area contributed by atoms with Crippen molar-refractivity contribution >= 4 is 5.91 Å². The van der Waals surface area contributed by atoms with Gasteiger partial charge in [0.05, 0.1) is 0 Å². The Balaban J connectivity index is 2.77. The Morgan fingerprint density at radius 1 is 1.60 bits per heavy atom. The lowest BCUT2D eigenvalue weighted by Crippen LogP contribution is -2.31. The summed E-state index contributed by atoms with van der Waals surface area (Å²) in [5, 5.41) is 0. The van der Waals surface area contributed by atoms with Crippen LogP contribution in [0.3, 0.4) is 0 Å². The van der Waals surface area contributed by atoms with Crippen molar-refractivity contribution in [3.8, 4) is 0 Å². The lowest BCUT2D eigenvalue weighted by molar-refractivity contribution is -0.121. The van der Waals surface area contributed by atoms with Crippen LogP contribution in [0.5, 0.6) is 0 Å². The van der Waals surface area contributed by atoms with E-state index in [0.29, 0.717) is 12.3 Å². The maximum absolute atomic E-state index is 11.1. The smallest absolute Gasteiger partial charge is 0.235 e. The molecule has 1 heterocycles. The van der Waals surface area contributed by atoms with Crippen molar-refractivity contribution in [1.82, 2.24) is 15.0 Å². The average Bonchev–Trinajstić information content (AvgIpc) is 2.65. The molecule has 1 aromatic rings. The molecule has 1 atom stereocenters. The maximum atomic E-state index is 11.1. The molecule has 3 N–H and O–H groups in total. The van der Waals surface area contributed by atoms with Crippen LogP contribution in [0, 0.1) is 0 Å². The number of nitrogens with one attached hydrogen (secondary N) is 1. The molecule has 15 heavy (non-hydrogen) atoms. The van der Waals surface area contributed by atoms with Crippen LogP contribution in [0.4, 0.5) is 0 Å². The lowest BCUT2D eigenvalue weighted by Gasteiger charge is -2.17. The van der Waals surface area contributed by atoms with E-state index in [4.69, 9.17) is 5.84 Å². The first kappa shape index (κ1) is 11.7. The number of carbonyl (C=O) groups excluding carboxylic acids is 1. The monoisotopic (exact) mass is 210 g/mol. The molecule has 0 radical (unpaired) electrons. The standard InChI is InChI=1S/C10H18N4O/c1-7(2)10-12-4-5-14(10)8(3)6-9(15)13-11/h4-5,7-8H,6,11H2,1-3H3,(H,13,15). The number of nitrogens with zero attached hydrogens (tertiary/aromatic N) is 2. The van der Waals surface area contributed by atoms with Crippen molar-refractivity contribution in [2.24, 2.45) is 5.84 Å². The van der Waals surface area contributed by atoms with Crippen LogP contribution in [-0.2, 0) is 4.79 Å². The van der Waals surface area contributed by atoms with E-state index in [1.807, 2.05) is 17.7 Å². The van der Waals surface area contributed by atoms with Gasteiger partial charge in [0.15, 0.2) is 0 Å². The lowest BCUT2D eigenvalue weighted by atomic mass is 10.1. The maximum Gasteiger partial charge on any atom is 0.235 e. The summed E-state index contributed by atoms with van der Waals surface area (Å²) in [7, 11) is 0. The number of amides is 1. The van der Waals surface area contributed by atoms with Gasteiger partial charge in [0, 0.05) is 30.8 Å². The molecule has 0 saturated carbocycles. The second kappa shape index (κ2) is 4.93. The van der Waals surface area contributed by atoms with Crippen molar-refractivity contribution in [1.29, 1.82) is 0 Å². The van der Waals surface area contributed by atoms with E-state index in [2.05, 4.69) is 24.3 Å². The third kappa shape index (κ3) is 2.79. The summed E-state index contributed by atoms with van der Waals surface area (Å²) in [6.07, 6.45) is 4.02. The molecule has 0 saturated heterocycles. The first-order valence-electron chi connectivity index (χ1n) is 5.08. The summed E-state index contributed by atoms with van der Waals surface area (Å²) in [6, 6.07) is 0.0773. The molecule has 1 rings (SSSR count). The second-order valence-electron chi connectivity index (χ2n) is 3.97. The number of hydrazine groups is 1. The highest BCUT2D eigenvalue weighted by molar-refractivity contribution is 5.75. The van der Waals surface area contributed by atoms with E-state index in [9.17, 15) is 4.79 Å². The van der Waals surface area contributed by atoms with Gasteiger partial charge in [-0.1, -0.05) is 13.8 Å². The summed E-state index contributed by atoms with van der Waals surface area (Å²) in [5.41, 5.74) is 2.13. The predicted molar refractivity (Wildman–Crippen MR) is 58.0 cm³/mol. The molecule has 0 aromatic carbocycles. The number of hydrogen-bond donors (Lipinski definition) is 2. The zero-order chi connectivity index (χ0) is 11.4. The fourth-order valence-electron chi connectivity index (χ4n) is 1.57. The normalized spacial score (nSPS) is 12.9. The number of carbonyl (C=O) groups is 1. The zero-order valence-corrected chi connectivity index (χ0v) is 9.40. The molecular formula is C10H18N4O. The van der Waals surface area contributed by atoms with Crippen LogP contribution >= 0.6 is 0 Å². The van der Waals surface area contributed by atoms with Crippen molar-refractivity contribution in [2.45, 2.75) is 39.2 Å². The molecule has 0 spiro atoms. The summed E-state index contributed by atoms with van der Waals surface area (Å²) in [5.74, 6) is 6.23. The van der Waals surface area contributed by atoms with Gasteiger partial charge in [-0.3, -0.25) is 10.2 Å². The van der Waals surface area contributed by atoms with Gasteiger partial charge in [0.1, 0.15) is 5.82 Å². The molecule has 0 bridgehead atoms. The summed E-state index contributed by atoms with van der Waals surface area (Å²) >= 11 is 0. The van der Waals surface area contributed by atoms with Crippen LogP contribution in [0.2, 0.25) is 0 Å². The van der Waals surface area contributed by atoms with Gasteiger partial charge < -0.3 is 4.57 Å². The minimum absolute atomic E-state index is 0.0773. The molecule has 0 aliphatic rings. The molecule has 1 amide bonds. The molecule has 5 nitrogen and oxygen atoms in total. The number of imidazole rings is 1.